The van der Waals surface area contributed by atoms with Crippen LogP contribution in [0.1, 0.15) is 44.9 Å². The Labute approximate surface area is 90.6 Å². The number of unbranched alkanes of at least 4 members (excludes halogenated alkanes) is 2. The molecule has 0 radical (unpaired) electrons. The van der Waals surface area contributed by atoms with Crippen LogP contribution in [0, 0.1) is 0 Å². The zero-order valence-electron chi connectivity index (χ0n) is 9.11. The maximum Gasteiger partial charge on any atom is 0.303 e. The van der Waals surface area contributed by atoms with Crippen molar-refractivity contribution in [3.8, 4) is 0 Å². The van der Waals surface area contributed by atoms with Crippen LogP contribution in [0.25, 0.3) is 0 Å². The topological polar surface area (TPSA) is 55.8 Å². The van der Waals surface area contributed by atoms with E-state index in [9.17, 15) is 4.79 Å². The Morgan fingerprint density at radius 1 is 1.33 bits per heavy atom. The van der Waals surface area contributed by atoms with Crippen molar-refractivity contribution in [2.45, 2.75) is 51.2 Å². The number of rotatable bonds is 7. The smallest absolute Gasteiger partial charge is 0.303 e. The Balaban J connectivity index is 1.85. The van der Waals surface area contributed by atoms with Crippen molar-refractivity contribution >= 4 is 5.97 Å². The maximum atomic E-state index is 10.2. The van der Waals surface area contributed by atoms with Gasteiger partial charge in [0.1, 0.15) is 0 Å². The van der Waals surface area contributed by atoms with Gasteiger partial charge in [0.05, 0.1) is 0 Å². The van der Waals surface area contributed by atoms with Crippen molar-refractivity contribution in [2.75, 3.05) is 13.2 Å². The van der Waals surface area contributed by atoms with E-state index in [2.05, 4.69) is 0 Å². The Morgan fingerprint density at radius 2 is 2.20 bits per heavy atom. The van der Waals surface area contributed by atoms with Crippen LogP contribution < -0.4 is 0 Å². The Morgan fingerprint density at radius 3 is 2.87 bits per heavy atom. The quantitative estimate of drug-likeness (QED) is 0.663. The number of hydrogen-bond donors (Lipinski definition) is 1. The molecule has 0 aromatic heterocycles. The van der Waals surface area contributed by atoms with Crippen LogP contribution >= 0.6 is 0 Å². The van der Waals surface area contributed by atoms with E-state index < -0.39 is 5.97 Å². The van der Waals surface area contributed by atoms with Gasteiger partial charge in [-0.3, -0.25) is 4.79 Å². The van der Waals surface area contributed by atoms with Gasteiger partial charge in [0.2, 0.25) is 0 Å². The summed E-state index contributed by atoms with van der Waals surface area (Å²) in [5.41, 5.74) is 0. The van der Waals surface area contributed by atoms with Crippen LogP contribution in [0.15, 0.2) is 0 Å². The van der Waals surface area contributed by atoms with Gasteiger partial charge in [0, 0.05) is 19.6 Å². The summed E-state index contributed by atoms with van der Waals surface area (Å²) in [5.74, 6) is -0.716. The average Bonchev–Trinajstić information content (AvgIpc) is 2.24. The molecule has 1 aliphatic heterocycles. The second-order valence-electron chi connectivity index (χ2n) is 3.87. The van der Waals surface area contributed by atoms with Crippen LogP contribution in [0.3, 0.4) is 0 Å². The average molecular weight is 216 g/mol. The highest BCUT2D eigenvalue weighted by Crippen LogP contribution is 2.14. The minimum Gasteiger partial charge on any atom is -0.481 e. The highest BCUT2D eigenvalue weighted by Gasteiger charge is 2.13. The first-order valence-electron chi connectivity index (χ1n) is 5.74. The number of carbonyl (C=O) groups is 1. The molecule has 1 saturated heterocycles. The molecule has 1 fully saturated rings. The van der Waals surface area contributed by atoms with Crippen molar-refractivity contribution in [3.63, 3.8) is 0 Å². The molecule has 1 atom stereocenters. The van der Waals surface area contributed by atoms with E-state index in [1.165, 1.54) is 6.42 Å². The summed E-state index contributed by atoms with van der Waals surface area (Å²) in [5, 5.41) is 8.42. The summed E-state index contributed by atoms with van der Waals surface area (Å²) in [4.78, 5) is 10.2. The van der Waals surface area contributed by atoms with Gasteiger partial charge in [-0.1, -0.05) is 6.42 Å². The van der Waals surface area contributed by atoms with Gasteiger partial charge >= 0.3 is 5.97 Å². The van der Waals surface area contributed by atoms with Gasteiger partial charge in [-0.05, 0) is 32.1 Å². The fourth-order valence-corrected chi connectivity index (χ4v) is 1.61. The molecule has 0 aromatic rings. The molecular formula is C11H20O4. The SMILES string of the molecule is O=C(O)CCCCCO[C@H]1CCCCO1. The summed E-state index contributed by atoms with van der Waals surface area (Å²) < 4.78 is 10.9. The number of carboxylic acid groups (broad SMARTS) is 1. The molecular weight excluding hydrogens is 196 g/mol. The van der Waals surface area contributed by atoms with Gasteiger partial charge in [0.15, 0.2) is 6.29 Å². The lowest BCUT2D eigenvalue weighted by Gasteiger charge is -2.22. The van der Waals surface area contributed by atoms with Crippen molar-refractivity contribution in [2.24, 2.45) is 0 Å². The lowest BCUT2D eigenvalue weighted by molar-refractivity contribution is -0.162. The van der Waals surface area contributed by atoms with Crippen molar-refractivity contribution in [1.82, 2.24) is 0 Å². The standard InChI is InChI=1S/C11H20O4/c12-10(13)6-2-1-4-8-14-11-7-3-5-9-15-11/h11H,1-9H2,(H,12,13)/t11-/m1/s1. The zero-order chi connectivity index (χ0) is 10.9. The van der Waals surface area contributed by atoms with E-state index in [4.69, 9.17) is 14.6 Å². The normalized spacial score (nSPS) is 21.5. The van der Waals surface area contributed by atoms with E-state index in [-0.39, 0.29) is 12.7 Å². The van der Waals surface area contributed by atoms with Crippen molar-refractivity contribution in [1.29, 1.82) is 0 Å². The summed E-state index contributed by atoms with van der Waals surface area (Å²) in [6.45, 7) is 1.49. The van der Waals surface area contributed by atoms with Crippen LogP contribution in [0.5, 0.6) is 0 Å². The molecule has 0 unspecified atom stereocenters. The summed E-state index contributed by atoms with van der Waals surface area (Å²) in [6.07, 6.45) is 6.14. The number of carboxylic acids is 1. The Kier molecular flexibility index (Phi) is 6.36. The molecule has 88 valence electrons. The summed E-state index contributed by atoms with van der Waals surface area (Å²) in [6, 6.07) is 0. The van der Waals surface area contributed by atoms with Gasteiger partial charge in [-0.25, -0.2) is 0 Å². The molecule has 1 heterocycles. The van der Waals surface area contributed by atoms with Crippen LogP contribution in [0.2, 0.25) is 0 Å². The first kappa shape index (κ1) is 12.5. The minimum atomic E-state index is -0.716. The molecule has 15 heavy (non-hydrogen) atoms. The van der Waals surface area contributed by atoms with Gasteiger partial charge in [0.25, 0.3) is 0 Å². The van der Waals surface area contributed by atoms with Gasteiger partial charge in [-0.15, -0.1) is 0 Å². The van der Waals surface area contributed by atoms with E-state index in [1.807, 2.05) is 0 Å². The molecule has 1 rings (SSSR count). The molecule has 0 amide bonds. The van der Waals surface area contributed by atoms with E-state index in [1.54, 1.807) is 0 Å². The third-order valence-corrected chi connectivity index (χ3v) is 2.48. The number of hydrogen-bond acceptors (Lipinski definition) is 3. The first-order valence-corrected chi connectivity index (χ1v) is 5.74. The first-order chi connectivity index (χ1) is 7.29. The van der Waals surface area contributed by atoms with E-state index in [0.717, 1.165) is 38.7 Å². The fourth-order valence-electron chi connectivity index (χ4n) is 1.61. The van der Waals surface area contributed by atoms with Crippen LogP contribution in [-0.4, -0.2) is 30.6 Å². The Bertz CT molecular complexity index is 175. The van der Waals surface area contributed by atoms with Gasteiger partial charge < -0.3 is 14.6 Å². The predicted molar refractivity (Wildman–Crippen MR) is 55.6 cm³/mol. The lowest BCUT2D eigenvalue weighted by atomic mass is 10.2. The van der Waals surface area contributed by atoms with Crippen molar-refractivity contribution in [3.05, 3.63) is 0 Å². The molecule has 1 N–H and O–H groups in total. The van der Waals surface area contributed by atoms with E-state index >= 15 is 0 Å². The largest absolute Gasteiger partial charge is 0.481 e. The van der Waals surface area contributed by atoms with Crippen molar-refractivity contribution < 1.29 is 19.4 Å². The lowest BCUT2D eigenvalue weighted by Crippen LogP contribution is -2.22. The summed E-state index contributed by atoms with van der Waals surface area (Å²) >= 11 is 0. The van der Waals surface area contributed by atoms with Crippen LogP contribution in [-0.2, 0) is 14.3 Å². The maximum absolute atomic E-state index is 10.2. The van der Waals surface area contributed by atoms with Gasteiger partial charge in [-0.2, -0.15) is 0 Å². The molecule has 0 bridgehead atoms. The fraction of sp³-hybridized carbons (Fsp3) is 0.909. The number of aliphatic carboxylic acids is 1. The number of ether oxygens (including phenoxy) is 2. The molecule has 4 heteroatoms. The predicted octanol–water partition coefficient (Wildman–Crippen LogP) is 2.17. The van der Waals surface area contributed by atoms with Crippen LogP contribution in [0.4, 0.5) is 0 Å². The summed E-state index contributed by atoms with van der Waals surface area (Å²) in [7, 11) is 0. The second kappa shape index (κ2) is 7.65. The highest BCUT2D eigenvalue weighted by molar-refractivity contribution is 5.66. The molecule has 0 aromatic carbocycles. The highest BCUT2D eigenvalue weighted by atomic mass is 16.7. The zero-order valence-corrected chi connectivity index (χ0v) is 9.11. The monoisotopic (exact) mass is 216 g/mol. The molecule has 1 aliphatic rings. The second-order valence-corrected chi connectivity index (χ2v) is 3.87. The third-order valence-electron chi connectivity index (χ3n) is 2.48. The molecule has 0 spiro atoms. The molecule has 4 nitrogen and oxygen atoms in total. The molecule has 0 saturated carbocycles. The third kappa shape index (κ3) is 6.47. The minimum absolute atomic E-state index is 0.0155. The van der Waals surface area contributed by atoms with E-state index in [0.29, 0.717) is 6.61 Å². The molecule has 0 aliphatic carbocycles. The Hall–Kier alpha value is -0.610.